The first-order valence-corrected chi connectivity index (χ1v) is 8.55. The number of halogens is 1. The predicted molar refractivity (Wildman–Crippen MR) is 97.2 cm³/mol. The van der Waals surface area contributed by atoms with Crippen molar-refractivity contribution in [3.05, 3.63) is 64.1 Å². The summed E-state index contributed by atoms with van der Waals surface area (Å²) >= 11 is 3.46. The van der Waals surface area contributed by atoms with E-state index in [9.17, 15) is 4.79 Å². The minimum Gasteiger partial charge on any atom is -0.486 e. The second-order valence-corrected chi connectivity index (χ2v) is 6.34. The number of benzene rings is 2. The minimum absolute atomic E-state index is 0.128. The standard InChI is InChI=1S/C19H18BrNO3/c1-13(15-6-8-17-18(12-15)24-11-10-23-17)21-19(22)9-7-14-4-2-3-5-16(14)20/h2-9,12-13H,10-11H2,1H3,(H,21,22). The van der Waals surface area contributed by atoms with E-state index in [1.165, 1.54) is 6.08 Å². The third-order valence-corrected chi connectivity index (χ3v) is 4.47. The summed E-state index contributed by atoms with van der Waals surface area (Å²) in [5.74, 6) is 1.33. The molecule has 1 amide bonds. The molecule has 1 atom stereocenters. The van der Waals surface area contributed by atoms with Crippen molar-refractivity contribution in [1.82, 2.24) is 5.32 Å². The molecule has 1 aliphatic rings. The molecular weight excluding hydrogens is 370 g/mol. The summed E-state index contributed by atoms with van der Waals surface area (Å²) < 4.78 is 12.0. The maximum atomic E-state index is 12.1. The number of ether oxygens (including phenoxy) is 2. The van der Waals surface area contributed by atoms with E-state index in [1.807, 2.05) is 49.4 Å². The summed E-state index contributed by atoms with van der Waals surface area (Å²) in [6.45, 7) is 3.06. The molecule has 1 N–H and O–H groups in total. The van der Waals surface area contributed by atoms with Gasteiger partial charge in [-0.1, -0.05) is 40.2 Å². The number of carbonyl (C=O) groups is 1. The lowest BCUT2D eigenvalue weighted by Gasteiger charge is -2.20. The quantitative estimate of drug-likeness (QED) is 0.802. The van der Waals surface area contributed by atoms with E-state index in [4.69, 9.17) is 9.47 Å². The lowest BCUT2D eigenvalue weighted by Crippen LogP contribution is -2.25. The molecular formula is C19H18BrNO3. The summed E-state index contributed by atoms with van der Waals surface area (Å²) in [6, 6.07) is 13.4. The summed E-state index contributed by atoms with van der Waals surface area (Å²) in [5.41, 5.74) is 1.93. The van der Waals surface area contributed by atoms with Crippen LogP contribution < -0.4 is 14.8 Å². The Morgan fingerprint density at radius 1 is 1.17 bits per heavy atom. The molecule has 3 rings (SSSR count). The van der Waals surface area contributed by atoms with Gasteiger partial charge in [-0.3, -0.25) is 4.79 Å². The van der Waals surface area contributed by atoms with Crippen molar-refractivity contribution < 1.29 is 14.3 Å². The van der Waals surface area contributed by atoms with Crippen LogP contribution in [0.3, 0.4) is 0 Å². The van der Waals surface area contributed by atoms with Crippen molar-refractivity contribution in [1.29, 1.82) is 0 Å². The highest BCUT2D eigenvalue weighted by atomic mass is 79.9. The Hall–Kier alpha value is -2.27. The third-order valence-electron chi connectivity index (χ3n) is 3.74. The summed E-state index contributed by atoms with van der Waals surface area (Å²) in [7, 11) is 0. The molecule has 2 aromatic carbocycles. The Morgan fingerprint density at radius 3 is 2.71 bits per heavy atom. The lowest BCUT2D eigenvalue weighted by molar-refractivity contribution is -0.117. The van der Waals surface area contributed by atoms with Crippen LogP contribution in [-0.2, 0) is 4.79 Å². The molecule has 1 unspecified atom stereocenters. The fraction of sp³-hybridized carbons (Fsp3) is 0.211. The molecule has 124 valence electrons. The van der Waals surface area contributed by atoms with Crippen LogP contribution in [0, 0.1) is 0 Å². The fourth-order valence-electron chi connectivity index (χ4n) is 2.45. The fourth-order valence-corrected chi connectivity index (χ4v) is 2.87. The number of hydrogen-bond donors (Lipinski definition) is 1. The molecule has 0 radical (unpaired) electrons. The molecule has 0 fully saturated rings. The van der Waals surface area contributed by atoms with Crippen LogP contribution >= 0.6 is 15.9 Å². The largest absolute Gasteiger partial charge is 0.486 e. The number of amides is 1. The molecule has 0 saturated carbocycles. The predicted octanol–water partition coefficient (Wildman–Crippen LogP) is 4.11. The number of nitrogens with one attached hydrogen (secondary N) is 1. The van der Waals surface area contributed by atoms with Crippen molar-refractivity contribution in [3.63, 3.8) is 0 Å². The van der Waals surface area contributed by atoms with Gasteiger partial charge in [0.25, 0.3) is 0 Å². The smallest absolute Gasteiger partial charge is 0.244 e. The maximum Gasteiger partial charge on any atom is 0.244 e. The van der Waals surface area contributed by atoms with Gasteiger partial charge in [0, 0.05) is 10.5 Å². The summed E-state index contributed by atoms with van der Waals surface area (Å²) in [5, 5.41) is 2.96. The highest BCUT2D eigenvalue weighted by Gasteiger charge is 2.15. The zero-order valence-corrected chi connectivity index (χ0v) is 14.9. The molecule has 1 aliphatic heterocycles. The van der Waals surface area contributed by atoms with Crippen molar-refractivity contribution in [2.24, 2.45) is 0 Å². The van der Waals surface area contributed by atoms with Crippen LogP contribution in [0.1, 0.15) is 24.1 Å². The highest BCUT2D eigenvalue weighted by Crippen LogP contribution is 2.32. The third kappa shape index (κ3) is 3.97. The van der Waals surface area contributed by atoms with E-state index in [2.05, 4.69) is 21.2 Å². The van der Waals surface area contributed by atoms with Crippen LogP contribution in [0.25, 0.3) is 6.08 Å². The van der Waals surface area contributed by atoms with Crippen LogP contribution in [0.15, 0.2) is 53.0 Å². The van der Waals surface area contributed by atoms with Gasteiger partial charge in [0.2, 0.25) is 5.91 Å². The SMILES string of the molecule is CC(NC(=O)C=Cc1ccccc1Br)c1ccc2c(c1)OCCO2. The van der Waals surface area contributed by atoms with E-state index in [-0.39, 0.29) is 11.9 Å². The normalized spacial score (nSPS) is 14.4. The molecule has 0 spiro atoms. The molecule has 2 aromatic rings. The van der Waals surface area contributed by atoms with Crippen LogP contribution in [0.2, 0.25) is 0 Å². The second-order valence-electron chi connectivity index (χ2n) is 5.49. The second kappa shape index (κ2) is 7.53. The van der Waals surface area contributed by atoms with Gasteiger partial charge >= 0.3 is 0 Å². The molecule has 0 bridgehead atoms. The molecule has 0 aliphatic carbocycles. The van der Waals surface area contributed by atoms with E-state index >= 15 is 0 Å². The molecule has 5 heteroatoms. The Balaban J connectivity index is 1.65. The van der Waals surface area contributed by atoms with Gasteiger partial charge in [-0.05, 0) is 42.3 Å². The first-order chi connectivity index (χ1) is 11.6. The summed E-state index contributed by atoms with van der Waals surface area (Å²) in [6.07, 6.45) is 3.32. The Morgan fingerprint density at radius 2 is 1.92 bits per heavy atom. The Kier molecular flexibility index (Phi) is 5.20. The molecule has 1 heterocycles. The van der Waals surface area contributed by atoms with Crippen molar-refractivity contribution >= 4 is 27.9 Å². The zero-order chi connectivity index (χ0) is 16.9. The first-order valence-electron chi connectivity index (χ1n) is 7.76. The van der Waals surface area contributed by atoms with Crippen LogP contribution in [0.4, 0.5) is 0 Å². The van der Waals surface area contributed by atoms with Gasteiger partial charge in [0.1, 0.15) is 13.2 Å². The van der Waals surface area contributed by atoms with Gasteiger partial charge in [-0.15, -0.1) is 0 Å². The van der Waals surface area contributed by atoms with Gasteiger partial charge < -0.3 is 14.8 Å². The number of rotatable bonds is 4. The van der Waals surface area contributed by atoms with E-state index in [0.29, 0.717) is 13.2 Å². The monoisotopic (exact) mass is 387 g/mol. The Labute approximate surface area is 149 Å². The van der Waals surface area contributed by atoms with Gasteiger partial charge in [0.05, 0.1) is 6.04 Å². The van der Waals surface area contributed by atoms with Crippen LogP contribution in [0.5, 0.6) is 11.5 Å². The minimum atomic E-state index is -0.145. The van der Waals surface area contributed by atoms with Crippen molar-refractivity contribution in [3.8, 4) is 11.5 Å². The van der Waals surface area contributed by atoms with Crippen LogP contribution in [-0.4, -0.2) is 19.1 Å². The Bertz CT molecular complexity index is 773. The topological polar surface area (TPSA) is 47.6 Å². The lowest BCUT2D eigenvalue weighted by atomic mass is 10.1. The number of hydrogen-bond acceptors (Lipinski definition) is 3. The van der Waals surface area contributed by atoms with Gasteiger partial charge in [-0.2, -0.15) is 0 Å². The van der Waals surface area contributed by atoms with E-state index < -0.39 is 0 Å². The van der Waals surface area contributed by atoms with Crippen molar-refractivity contribution in [2.45, 2.75) is 13.0 Å². The average Bonchev–Trinajstić information content (AvgIpc) is 2.60. The number of carbonyl (C=O) groups excluding carboxylic acids is 1. The molecule has 24 heavy (non-hydrogen) atoms. The highest BCUT2D eigenvalue weighted by molar-refractivity contribution is 9.10. The van der Waals surface area contributed by atoms with E-state index in [0.717, 1.165) is 27.1 Å². The average molecular weight is 388 g/mol. The van der Waals surface area contributed by atoms with Crippen molar-refractivity contribution in [2.75, 3.05) is 13.2 Å². The first kappa shape index (κ1) is 16.6. The summed E-state index contributed by atoms with van der Waals surface area (Å²) in [4.78, 5) is 12.1. The van der Waals surface area contributed by atoms with Gasteiger partial charge in [0.15, 0.2) is 11.5 Å². The van der Waals surface area contributed by atoms with Gasteiger partial charge in [-0.25, -0.2) is 0 Å². The molecule has 0 aromatic heterocycles. The zero-order valence-electron chi connectivity index (χ0n) is 13.3. The number of fused-ring (bicyclic) bond motifs is 1. The molecule has 0 saturated heterocycles. The molecule has 4 nitrogen and oxygen atoms in total. The maximum absolute atomic E-state index is 12.1. The van der Waals surface area contributed by atoms with E-state index in [1.54, 1.807) is 6.08 Å².